The van der Waals surface area contributed by atoms with Crippen LogP contribution in [0, 0.1) is 0 Å². The van der Waals surface area contributed by atoms with Crippen LogP contribution in [0.1, 0.15) is 26.2 Å². The number of likely N-dealkylation sites (N-methyl/N-ethyl adjacent to an activating group) is 1. The largest absolute Gasteiger partial charge is 0.480 e. The van der Waals surface area contributed by atoms with Crippen molar-refractivity contribution in [3.8, 4) is 0 Å². The van der Waals surface area contributed by atoms with Crippen LogP contribution in [0.5, 0.6) is 0 Å². The molecule has 0 aromatic carbocycles. The smallest absolute Gasteiger partial charge is 0.320 e. The standard InChI is InChI=1S/C10H19NO4S/c1-3-9(10(12)13)11(2)8-5-4-6-16(14,15)7-8/h8-9H,3-7H2,1-2H3,(H,12,13). The van der Waals surface area contributed by atoms with Gasteiger partial charge in [-0.1, -0.05) is 6.92 Å². The zero-order valence-corrected chi connectivity index (χ0v) is 10.5. The molecule has 0 radical (unpaired) electrons. The Morgan fingerprint density at radius 1 is 1.56 bits per heavy atom. The lowest BCUT2D eigenvalue weighted by atomic mass is 10.1. The van der Waals surface area contributed by atoms with Gasteiger partial charge in [-0.2, -0.15) is 0 Å². The van der Waals surface area contributed by atoms with E-state index in [4.69, 9.17) is 5.11 Å². The number of hydrogen-bond donors (Lipinski definition) is 1. The third-order valence-corrected chi connectivity index (χ3v) is 4.98. The summed E-state index contributed by atoms with van der Waals surface area (Å²) in [7, 11) is -1.28. The number of nitrogens with zero attached hydrogens (tertiary/aromatic N) is 1. The number of hydrogen-bond acceptors (Lipinski definition) is 4. The molecule has 0 spiro atoms. The molecule has 0 aliphatic carbocycles. The molecule has 1 aliphatic rings. The quantitative estimate of drug-likeness (QED) is 0.778. The van der Waals surface area contributed by atoms with Crippen molar-refractivity contribution >= 4 is 15.8 Å². The molecule has 2 atom stereocenters. The van der Waals surface area contributed by atoms with Gasteiger partial charge in [0.05, 0.1) is 11.5 Å². The van der Waals surface area contributed by atoms with Crippen molar-refractivity contribution in [2.24, 2.45) is 0 Å². The summed E-state index contributed by atoms with van der Waals surface area (Å²) in [4.78, 5) is 12.7. The topological polar surface area (TPSA) is 74.7 Å². The molecule has 16 heavy (non-hydrogen) atoms. The monoisotopic (exact) mass is 249 g/mol. The maximum atomic E-state index is 11.5. The van der Waals surface area contributed by atoms with E-state index in [1.165, 1.54) is 0 Å². The Labute approximate surface area is 96.4 Å². The summed E-state index contributed by atoms with van der Waals surface area (Å²) in [5, 5.41) is 9.01. The van der Waals surface area contributed by atoms with E-state index in [0.717, 1.165) is 6.42 Å². The first-order chi connectivity index (χ1) is 7.37. The van der Waals surface area contributed by atoms with Crippen LogP contribution < -0.4 is 0 Å². The van der Waals surface area contributed by atoms with Crippen molar-refractivity contribution in [1.29, 1.82) is 0 Å². The lowest BCUT2D eigenvalue weighted by Crippen LogP contribution is -2.49. The fourth-order valence-electron chi connectivity index (χ4n) is 2.21. The van der Waals surface area contributed by atoms with Crippen LogP contribution in [-0.4, -0.2) is 55.0 Å². The molecule has 0 amide bonds. The Hall–Kier alpha value is -0.620. The SMILES string of the molecule is CCC(C(=O)O)N(C)C1CCCS(=O)(=O)C1. The first-order valence-electron chi connectivity index (χ1n) is 5.52. The van der Waals surface area contributed by atoms with Crippen molar-refractivity contribution < 1.29 is 18.3 Å². The van der Waals surface area contributed by atoms with E-state index < -0.39 is 21.8 Å². The Bertz CT molecular complexity index is 352. The van der Waals surface area contributed by atoms with E-state index in [9.17, 15) is 13.2 Å². The number of rotatable bonds is 4. The van der Waals surface area contributed by atoms with Gasteiger partial charge in [-0.25, -0.2) is 8.42 Å². The minimum atomic E-state index is -2.98. The van der Waals surface area contributed by atoms with Crippen LogP contribution in [0.25, 0.3) is 0 Å². The summed E-state index contributed by atoms with van der Waals surface area (Å²) in [5.74, 6) is -0.554. The van der Waals surface area contributed by atoms with Crippen LogP contribution in [0.15, 0.2) is 0 Å². The minimum absolute atomic E-state index is 0.0906. The van der Waals surface area contributed by atoms with Crippen molar-refractivity contribution in [3.63, 3.8) is 0 Å². The normalized spacial score (nSPS) is 26.6. The van der Waals surface area contributed by atoms with Crippen molar-refractivity contribution in [2.75, 3.05) is 18.6 Å². The molecule has 0 saturated carbocycles. The summed E-state index contributed by atoms with van der Waals surface area (Å²) in [6.07, 6.45) is 1.88. The number of aliphatic carboxylic acids is 1. The van der Waals surface area contributed by atoms with Gasteiger partial charge in [-0.3, -0.25) is 9.69 Å². The maximum Gasteiger partial charge on any atom is 0.320 e. The van der Waals surface area contributed by atoms with Gasteiger partial charge in [0.15, 0.2) is 9.84 Å². The van der Waals surface area contributed by atoms with Gasteiger partial charge in [-0.05, 0) is 26.3 Å². The fourth-order valence-corrected chi connectivity index (χ4v) is 3.97. The Morgan fingerprint density at radius 2 is 2.19 bits per heavy atom. The van der Waals surface area contributed by atoms with Crippen molar-refractivity contribution in [3.05, 3.63) is 0 Å². The van der Waals surface area contributed by atoms with Crippen LogP contribution >= 0.6 is 0 Å². The van der Waals surface area contributed by atoms with E-state index in [1.54, 1.807) is 18.9 Å². The van der Waals surface area contributed by atoms with Crippen molar-refractivity contribution in [1.82, 2.24) is 4.90 Å². The molecule has 1 heterocycles. The van der Waals surface area contributed by atoms with Crippen LogP contribution in [0.3, 0.4) is 0 Å². The number of sulfone groups is 1. The van der Waals surface area contributed by atoms with Crippen molar-refractivity contribution in [2.45, 2.75) is 38.3 Å². The molecule has 1 saturated heterocycles. The highest BCUT2D eigenvalue weighted by molar-refractivity contribution is 7.91. The molecule has 1 rings (SSSR count). The van der Waals surface area contributed by atoms with Crippen LogP contribution in [0.2, 0.25) is 0 Å². The van der Waals surface area contributed by atoms with Crippen LogP contribution in [-0.2, 0) is 14.6 Å². The van der Waals surface area contributed by atoms with E-state index in [-0.39, 0.29) is 17.5 Å². The molecule has 6 heteroatoms. The maximum absolute atomic E-state index is 11.5. The van der Waals surface area contributed by atoms with Crippen LogP contribution in [0.4, 0.5) is 0 Å². The number of carboxylic acids is 1. The zero-order valence-electron chi connectivity index (χ0n) is 9.72. The molecule has 2 unspecified atom stereocenters. The molecular weight excluding hydrogens is 230 g/mol. The van der Waals surface area contributed by atoms with E-state index in [2.05, 4.69) is 0 Å². The second-order valence-corrected chi connectivity index (χ2v) is 6.57. The van der Waals surface area contributed by atoms with E-state index >= 15 is 0 Å². The summed E-state index contributed by atoms with van der Waals surface area (Å²) in [6.45, 7) is 1.80. The first-order valence-corrected chi connectivity index (χ1v) is 7.34. The van der Waals surface area contributed by atoms with Gasteiger partial charge in [0, 0.05) is 6.04 Å². The Balaban J connectivity index is 2.73. The molecule has 1 N–H and O–H groups in total. The van der Waals surface area contributed by atoms with E-state index in [1.807, 2.05) is 0 Å². The molecule has 0 aromatic heterocycles. The highest BCUT2D eigenvalue weighted by Gasteiger charge is 2.32. The Morgan fingerprint density at radius 3 is 2.62 bits per heavy atom. The highest BCUT2D eigenvalue weighted by Crippen LogP contribution is 2.19. The molecule has 94 valence electrons. The lowest BCUT2D eigenvalue weighted by Gasteiger charge is -2.34. The highest BCUT2D eigenvalue weighted by atomic mass is 32.2. The minimum Gasteiger partial charge on any atom is -0.480 e. The third-order valence-electron chi connectivity index (χ3n) is 3.18. The summed E-state index contributed by atoms with van der Waals surface area (Å²) >= 11 is 0. The number of carboxylic acid groups (broad SMARTS) is 1. The lowest BCUT2D eigenvalue weighted by molar-refractivity contribution is -0.143. The molecule has 1 aliphatic heterocycles. The average Bonchev–Trinajstić information content (AvgIpc) is 2.16. The molecule has 1 fully saturated rings. The molecule has 0 aromatic rings. The van der Waals surface area contributed by atoms with Gasteiger partial charge in [0.1, 0.15) is 6.04 Å². The third kappa shape index (κ3) is 3.18. The molecular formula is C10H19NO4S. The summed E-state index contributed by atoms with van der Waals surface area (Å²) in [6, 6.07) is -0.738. The van der Waals surface area contributed by atoms with Gasteiger partial charge >= 0.3 is 5.97 Å². The van der Waals surface area contributed by atoms with Gasteiger partial charge in [0.2, 0.25) is 0 Å². The summed E-state index contributed by atoms with van der Waals surface area (Å²) in [5.41, 5.74) is 0. The molecule has 0 bridgehead atoms. The zero-order chi connectivity index (χ0) is 12.3. The molecule has 5 nitrogen and oxygen atoms in total. The fraction of sp³-hybridized carbons (Fsp3) is 0.900. The van der Waals surface area contributed by atoms with Gasteiger partial charge in [-0.15, -0.1) is 0 Å². The van der Waals surface area contributed by atoms with Gasteiger partial charge < -0.3 is 5.11 Å². The first kappa shape index (κ1) is 13.4. The predicted molar refractivity (Wildman–Crippen MR) is 61.2 cm³/mol. The van der Waals surface area contributed by atoms with Gasteiger partial charge in [0.25, 0.3) is 0 Å². The van der Waals surface area contributed by atoms with E-state index in [0.29, 0.717) is 12.8 Å². The Kier molecular flexibility index (Phi) is 4.32. The second kappa shape index (κ2) is 5.14. The average molecular weight is 249 g/mol. The number of carbonyl (C=O) groups is 1. The second-order valence-electron chi connectivity index (χ2n) is 4.34. The summed E-state index contributed by atoms with van der Waals surface area (Å²) < 4.78 is 22.9. The predicted octanol–water partition coefficient (Wildman–Crippen LogP) is 0.359.